The molecule has 0 unspecified atom stereocenters. The second-order valence-electron chi connectivity index (χ2n) is 6.52. The van der Waals surface area contributed by atoms with E-state index in [4.69, 9.17) is 11.6 Å². The monoisotopic (exact) mass is 494 g/mol. The minimum absolute atomic E-state index is 0.470. The Balaban J connectivity index is 1.77. The molecule has 4 rings (SSSR count). The number of aromatic nitrogens is 3. The number of nitrogens with zero attached hydrogens (tertiary/aromatic N) is 3. The lowest BCUT2D eigenvalue weighted by Gasteiger charge is -2.24. The van der Waals surface area contributed by atoms with Gasteiger partial charge in [-0.2, -0.15) is 0 Å². The summed E-state index contributed by atoms with van der Waals surface area (Å²) in [6.07, 6.45) is 11.6. The fraction of sp³-hybridized carbons (Fsp3) is 0.316. The van der Waals surface area contributed by atoms with E-state index >= 15 is 0 Å². The highest BCUT2D eigenvalue weighted by Gasteiger charge is 2.19. The summed E-state index contributed by atoms with van der Waals surface area (Å²) in [5.41, 5.74) is 1.72. The molecule has 0 amide bonds. The maximum absolute atomic E-state index is 6.41. The number of nitrogens with one attached hydrogen (secondary N) is 1. The molecule has 0 aromatic carbocycles. The van der Waals surface area contributed by atoms with Crippen LogP contribution in [0.1, 0.15) is 32.1 Å². The summed E-state index contributed by atoms with van der Waals surface area (Å²) in [6.45, 7) is 0. The summed E-state index contributed by atoms with van der Waals surface area (Å²) in [5, 5.41) is 5.91. The number of pyridine rings is 3. The lowest BCUT2D eigenvalue weighted by atomic mass is 9.95. The Morgan fingerprint density at radius 3 is 2.73 bits per heavy atom. The van der Waals surface area contributed by atoms with Crippen molar-refractivity contribution in [2.75, 3.05) is 5.32 Å². The Bertz CT molecular complexity index is 958. The van der Waals surface area contributed by atoms with Crippen LogP contribution in [-0.4, -0.2) is 21.0 Å². The minimum Gasteiger partial charge on any atom is -0.366 e. The average molecular weight is 497 g/mol. The van der Waals surface area contributed by atoms with Crippen LogP contribution in [0.3, 0.4) is 0 Å². The van der Waals surface area contributed by atoms with E-state index < -0.39 is 0 Å². The molecule has 0 radical (unpaired) electrons. The Labute approximate surface area is 174 Å². The van der Waals surface area contributed by atoms with Crippen LogP contribution >= 0.6 is 43.5 Å². The molecule has 4 nitrogen and oxygen atoms in total. The molecule has 1 fully saturated rings. The third-order valence-electron chi connectivity index (χ3n) is 4.76. The molecule has 3 aromatic rings. The van der Waals surface area contributed by atoms with Crippen molar-refractivity contribution >= 4 is 60.1 Å². The van der Waals surface area contributed by atoms with Crippen molar-refractivity contribution in [2.45, 2.75) is 38.1 Å². The molecule has 0 saturated heterocycles. The van der Waals surface area contributed by atoms with E-state index in [9.17, 15) is 0 Å². The van der Waals surface area contributed by atoms with Crippen LogP contribution in [0.5, 0.6) is 0 Å². The van der Waals surface area contributed by atoms with Crippen molar-refractivity contribution in [1.29, 1.82) is 0 Å². The van der Waals surface area contributed by atoms with Gasteiger partial charge in [-0.3, -0.25) is 4.98 Å². The summed E-state index contributed by atoms with van der Waals surface area (Å²) in [4.78, 5) is 13.4. The van der Waals surface area contributed by atoms with Gasteiger partial charge < -0.3 is 5.32 Å². The van der Waals surface area contributed by atoms with Crippen LogP contribution in [-0.2, 0) is 0 Å². The van der Waals surface area contributed by atoms with Gasteiger partial charge in [0.25, 0.3) is 0 Å². The molecule has 1 saturated carbocycles. The Hall–Kier alpha value is -1.24. The molecule has 3 heterocycles. The summed E-state index contributed by atoms with van der Waals surface area (Å²) < 4.78 is 1.76. The molecule has 134 valence electrons. The van der Waals surface area contributed by atoms with E-state index in [1.54, 1.807) is 12.4 Å². The van der Waals surface area contributed by atoms with Gasteiger partial charge in [0.05, 0.1) is 10.2 Å². The Kier molecular flexibility index (Phi) is 5.43. The van der Waals surface area contributed by atoms with E-state index in [-0.39, 0.29) is 0 Å². The number of hydrogen-bond donors (Lipinski definition) is 1. The van der Waals surface area contributed by atoms with Crippen molar-refractivity contribution in [3.8, 4) is 11.3 Å². The van der Waals surface area contributed by atoms with Crippen molar-refractivity contribution in [3.63, 3.8) is 0 Å². The number of anilines is 1. The average Bonchev–Trinajstić information content (AvgIpc) is 2.65. The predicted octanol–water partition coefficient (Wildman–Crippen LogP) is 6.61. The van der Waals surface area contributed by atoms with Crippen LogP contribution in [0.4, 0.5) is 5.82 Å². The summed E-state index contributed by atoms with van der Waals surface area (Å²) in [5.74, 6) is 0.847. The molecule has 26 heavy (non-hydrogen) atoms. The lowest BCUT2D eigenvalue weighted by Crippen LogP contribution is -2.23. The lowest BCUT2D eigenvalue weighted by molar-refractivity contribution is 0.461. The molecular weight excluding hydrogens is 479 g/mol. The minimum atomic E-state index is 0.470. The molecule has 1 aliphatic carbocycles. The third kappa shape index (κ3) is 3.59. The second-order valence-corrected chi connectivity index (χ2v) is 8.52. The first-order valence-corrected chi connectivity index (χ1v) is 10.6. The van der Waals surface area contributed by atoms with Crippen molar-refractivity contribution < 1.29 is 0 Å². The molecule has 0 spiro atoms. The van der Waals surface area contributed by atoms with E-state index in [1.165, 1.54) is 32.1 Å². The first-order valence-electron chi connectivity index (χ1n) is 8.64. The highest BCUT2D eigenvalue weighted by Crippen LogP contribution is 2.40. The van der Waals surface area contributed by atoms with Gasteiger partial charge in [0.15, 0.2) is 0 Å². The van der Waals surface area contributed by atoms with Crippen LogP contribution < -0.4 is 5.32 Å². The quantitative estimate of drug-likeness (QED) is 0.414. The fourth-order valence-electron chi connectivity index (χ4n) is 3.42. The highest BCUT2D eigenvalue weighted by molar-refractivity contribution is 9.11. The van der Waals surface area contributed by atoms with E-state index in [1.807, 2.05) is 18.3 Å². The predicted molar refractivity (Wildman–Crippen MR) is 114 cm³/mol. The standard InChI is InChI=1S/C19H17Br2ClN4/c20-14-10-24-19(25-12-4-2-1-3-5-12)17(21)16(14)15-8-11-9-23-7-6-13(11)18(22)26-15/h6-10,12H,1-5H2,(H,24,25). The van der Waals surface area contributed by atoms with Gasteiger partial charge in [0.2, 0.25) is 0 Å². The maximum Gasteiger partial charge on any atom is 0.141 e. The molecule has 1 N–H and O–H groups in total. The van der Waals surface area contributed by atoms with Crippen molar-refractivity contribution in [2.24, 2.45) is 0 Å². The molecule has 0 aliphatic heterocycles. The van der Waals surface area contributed by atoms with Gasteiger partial charge in [-0.25, -0.2) is 9.97 Å². The molecule has 0 bridgehead atoms. The molecule has 1 aliphatic rings. The van der Waals surface area contributed by atoms with Gasteiger partial charge in [-0.1, -0.05) is 30.9 Å². The van der Waals surface area contributed by atoms with Gasteiger partial charge in [0.1, 0.15) is 11.0 Å². The van der Waals surface area contributed by atoms with Gasteiger partial charge in [-0.05, 0) is 56.8 Å². The molecule has 7 heteroatoms. The van der Waals surface area contributed by atoms with Gasteiger partial charge in [-0.15, -0.1) is 0 Å². The number of halogens is 3. The first kappa shape index (κ1) is 18.1. The van der Waals surface area contributed by atoms with E-state index in [0.717, 1.165) is 36.8 Å². The summed E-state index contributed by atoms with van der Waals surface area (Å²) >= 11 is 13.8. The number of hydrogen-bond acceptors (Lipinski definition) is 4. The zero-order chi connectivity index (χ0) is 18.1. The smallest absolute Gasteiger partial charge is 0.141 e. The second kappa shape index (κ2) is 7.79. The zero-order valence-electron chi connectivity index (χ0n) is 14.0. The molecule has 3 aromatic heterocycles. The Morgan fingerprint density at radius 2 is 1.92 bits per heavy atom. The van der Waals surface area contributed by atoms with Crippen molar-refractivity contribution in [1.82, 2.24) is 15.0 Å². The van der Waals surface area contributed by atoms with Crippen LogP contribution in [0.15, 0.2) is 39.7 Å². The maximum atomic E-state index is 6.41. The van der Waals surface area contributed by atoms with Gasteiger partial charge in [0, 0.05) is 45.4 Å². The van der Waals surface area contributed by atoms with E-state index in [2.05, 4.69) is 52.1 Å². The van der Waals surface area contributed by atoms with Crippen LogP contribution in [0.25, 0.3) is 22.0 Å². The molecular formula is C19H17Br2ClN4. The largest absolute Gasteiger partial charge is 0.366 e. The van der Waals surface area contributed by atoms with Gasteiger partial charge >= 0.3 is 0 Å². The number of fused-ring (bicyclic) bond motifs is 1. The number of rotatable bonds is 3. The Morgan fingerprint density at radius 1 is 1.12 bits per heavy atom. The SMILES string of the molecule is Clc1nc(-c2c(Br)cnc(NC3CCCCC3)c2Br)cc2cnccc12. The fourth-order valence-corrected chi connectivity index (χ4v) is 5.09. The van der Waals surface area contributed by atoms with Crippen molar-refractivity contribution in [3.05, 3.63) is 44.8 Å². The van der Waals surface area contributed by atoms with E-state index in [0.29, 0.717) is 11.2 Å². The van der Waals surface area contributed by atoms with Crippen LogP contribution in [0.2, 0.25) is 5.15 Å². The van der Waals surface area contributed by atoms with Crippen LogP contribution in [0, 0.1) is 0 Å². The highest BCUT2D eigenvalue weighted by atomic mass is 79.9. The normalized spacial score (nSPS) is 15.3. The third-order valence-corrected chi connectivity index (χ3v) is 6.42. The summed E-state index contributed by atoms with van der Waals surface area (Å²) in [7, 11) is 0. The summed E-state index contributed by atoms with van der Waals surface area (Å²) in [6, 6.07) is 4.35. The topological polar surface area (TPSA) is 50.7 Å². The first-order chi connectivity index (χ1) is 12.6. The zero-order valence-corrected chi connectivity index (χ0v) is 17.9. The molecule has 0 atom stereocenters.